The van der Waals surface area contributed by atoms with Gasteiger partial charge in [-0.05, 0) is 6.92 Å². The van der Waals surface area contributed by atoms with Crippen molar-refractivity contribution in [2.75, 3.05) is 11.6 Å². The molecule has 1 heterocycles. The minimum atomic E-state index is 0.570. The van der Waals surface area contributed by atoms with Gasteiger partial charge in [-0.3, -0.25) is 0 Å². The van der Waals surface area contributed by atoms with E-state index in [1.165, 1.54) is 11.3 Å². The third-order valence-corrected chi connectivity index (χ3v) is 2.33. The number of hydrogen-bond acceptors (Lipinski definition) is 3. The lowest BCUT2D eigenvalue weighted by Gasteiger charge is -1.80. The Kier molecular flexibility index (Phi) is 3.39. The first-order valence-corrected chi connectivity index (χ1v) is 4.87. The van der Waals surface area contributed by atoms with Gasteiger partial charge in [-0.1, -0.05) is 23.2 Å². The van der Waals surface area contributed by atoms with Crippen molar-refractivity contribution in [1.29, 1.82) is 0 Å². The van der Waals surface area contributed by atoms with Crippen LogP contribution in [0.25, 0.3) is 0 Å². The molecule has 64 valence electrons. The molecule has 0 aromatic carbocycles. The lowest BCUT2D eigenvalue weighted by atomic mass is 10.4. The first-order chi connectivity index (χ1) is 5.74. The van der Waals surface area contributed by atoms with Crippen LogP contribution in [0, 0.1) is 18.8 Å². The Morgan fingerprint density at radius 3 is 2.92 bits per heavy atom. The zero-order valence-electron chi connectivity index (χ0n) is 6.72. The highest BCUT2D eigenvalue weighted by Crippen LogP contribution is 2.17. The molecular formula is C8H9ClN2S. The number of anilines is 1. The molecular weight excluding hydrogens is 192 g/mol. The van der Waals surface area contributed by atoms with Crippen LogP contribution in [-0.2, 0) is 0 Å². The second kappa shape index (κ2) is 4.34. The van der Waals surface area contributed by atoms with E-state index in [-0.39, 0.29) is 0 Å². The summed E-state index contributed by atoms with van der Waals surface area (Å²) in [6.45, 7) is 1.90. The Hall–Kier alpha value is -0.720. The average Bonchev–Trinajstić information content (AvgIpc) is 2.31. The van der Waals surface area contributed by atoms with Crippen LogP contribution in [0.2, 0.25) is 0 Å². The molecule has 0 aliphatic heterocycles. The number of aryl methyl sites for hydroxylation is 1. The number of hydrogen-bond donors (Lipinski definition) is 1. The Morgan fingerprint density at radius 2 is 2.42 bits per heavy atom. The lowest BCUT2D eigenvalue weighted by Crippen LogP contribution is -1.80. The van der Waals surface area contributed by atoms with E-state index in [1.54, 1.807) is 0 Å². The third kappa shape index (κ3) is 2.40. The molecule has 4 heteroatoms. The molecule has 0 bridgehead atoms. The van der Waals surface area contributed by atoms with Gasteiger partial charge in [-0.25, -0.2) is 4.98 Å². The average molecular weight is 201 g/mol. The summed E-state index contributed by atoms with van der Waals surface area (Å²) < 4.78 is 0. The van der Waals surface area contributed by atoms with Crippen molar-refractivity contribution in [3.8, 4) is 11.8 Å². The summed E-state index contributed by atoms with van der Waals surface area (Å²) in [6.07, 6.45) is 0.707. The van der Waals surface area contributed by atoms with Crippen molar-refractivity contribution in [2.24, 2.45) is 0 Å². The van der Waals surface area contributed by atoms with E-state index in [0.29, 0.717) is 17.4 Å². The largest absolute Gasteiger partial charge is 0.375 e. The summed E-state index contributed by atoms with van der Waals surface area (Å²) in [7, 11) is 0. The minimum Gasteiger partial charge on any atom is -0.375 e. The zero-order valence-corrected chi connectivity index (χ0v) is 8.30. The highest BCUT2D eigenvalue weighted by atomic mass is 35.5. The van der Waals surface area contributed by atoms with E-state index in [1.807, 2.05) is 6.92 Å². The first kappa shape index (κ1) is 9.37. The van der Waals surface area contributed by atoms with Gasteiger partial charge in [0.05, 0.1) is 5.69 Å². The van der Waals surface area contributed by atoms with Crippen LogP contribution in [0.4, 0.5) is 5.13 Å². The van der Waals surface area contributed by atoms with Crippen molar-refractivity contribution in [3.63, 3.8) is 0 Å². The van der Waals surface area contributed by atoms with Crippen LogP contribution in [-0.4, -0.2) is 10.9 Å². The molecule has 2 nitrogen and oxygen atoms in total. The van der Waals surface area contributed by atoms with Gasteiger partial charge < -0.3 is 5.73 Å². The number of aromatic nitrogens is 1. The Balaban J connectivity index is 2.76. The van der Waals surface area contributed by atoms with Crippen molar-refractivity contribution >= 4 is 28.1 Å². The summed E-state index contributed by atoms with van der Waals surface area (Å²) in [5.41, 5.74) is 6.40. The summed E-state index contributed by atoms with van der Waals surface area (Å²) in [6, 6.07) is 0. The molecule has 1 rings (SSSR count). The molecule has 0 radical (unpaired) electrons. The fourth-order valence-corrected chi connectivity index (χ4v) is 1.53. The highest BCUT2D eigenvalue weighted by Gasteiger charge is 2.00. The maximum absolute atomic E-state index is 5.50. The molecule has 0 saturated carbocycles. The van der Waals surface area contributed by atoms with Crippen molar-refractivity contribution in [2.45, 2.75) is 13.3 Å². The number of rotatable bonds is 1. The smallest absolute Gasteiger partial charge is 0.181 e. The van der Waals surface area contributed by atoms with E-state index < -0.39 is 0 Å². The van der Waals surface area contributed by atoms with Crippen molar-refractivity contribution < 1.29 is 0 Å². The van der Waals surface area contributed by atoms with Gasteiger partial charge >= 0.3 is 0 Å². The summed E-state index contributed by atoms with van der Waals surface area (Å²) in [5, 5.41) is 0.572. The number of halogens is 1. The fraction of sp³-hybridized carbons (Fsp3) is 0.375. The normalized spacial score (nSPS) is 9.17. The molecule has 0 fully saturated rings. The van der Waals surface area contributed by atoms with Crippen LogP contribution < -0.4 is 5.73 Å². The first-order valence-electron chi connectivity index (χ1n) is 3.51. The number of nitrogen functional groups attached to an aromatic ring is 1. The highest BCUT2D eigenvalue weighted by molar-refractivity contribution is 7.16. The molecule has 0 spiro atoms. The maximum atomic E-state index is 5.50. The predicted octanol–water partition coefficient (Wildman–Crippen LogP) is 2.01. The Morgan fingerprint density at radius 1 is 1.67 bits per heavy atom. The quantitative estimate of drug-likeness (QED) is 0.557. The molecule has 1 aromatic rings. The fourth-order valence-electron chi connectivity index (χ4n) is 0.723. The second-order valence-corrected chi connectivity index (χ2v) is 3.62. The monoisotopic (exact) mass is 200 g/mol. The van der Waals surface area contributed by atoms with Crippen LogP contribution in [0.3, 0.4) is 0 Å². The summed E-state index contributed by atoms with van der Waals surface area (Å²) >= 11 is 6.89. The van der Waals surface area contributed by atoms with Crippen molar-refractivity contribution in [1.82, 2.24) is 4.98 Å². The summed E-state index contributed by atoms with van der Waals surface area (Å²) in [4.78, 5) is 4.99. The lowest BCUT2D eigenvalue weighted by molar-refractivity contribution is 1.26. The van der Waals surface area contributed by atoms with Crippen LogP contribution in [0.15, 0.2) is 0 Å². The van der Waals surface area contributed by atoms with Gasteiger partial charge in [0.1, 0.15) is 4.88 Å². The molecule has 0 amide bonds. The number of nitrogens with zero attached hydrogens (tertiary/aromatic N) is 1. The van der Waals surface area contributed by atoms with Crippen LogP contribution >= 0.6 is 22.9 Å². The van der Waals surface area contributed by atoms with E-state index in [4.69, 9.17) is 17.3 Å². The van der Waals surface area contributed by atoms with Gasteiger partial charge in [0.15, 0.2) is 5.13 Å². The maximum Gasteiger partial charge on any atom is 0.181 e. The predicted molar refractivity (Wildman–Crippen MR) is 53.5 cm³/mol. The molecule has 2 N–H and O–H groups in total. The molecule has 1 aromatic heterocycles. The SMILES string of the molecule is Cc1nc(N)sc1C#CCCCl. The molecule has 0 saturated heterocycles. The third-order valence-electron chi connectivity index (χ3n) is 1.23. The second-order valence-electron chi connectivity index (χ2n) is 2.21. The molecule has 0 aliphatic carbocycles. The molecule has 0 atom stereocenters. The van der Waals surface area contributed by atoms with Crippen molar-refractivity contribution in [3.05, 3.63) is 10.6 Å². The molecule has 0 aliphatic rings. The topological polar surface area (TPSA) is 38.9 Å². The molecule has 0 unspecified atom stereocenters. The molecule has 12 heavy (non-hydrogen) atoms. The Bertz CT molecular complexity index is 322. The van der Waals surface area contributed by atoms with E-state index in [9.17, 15) is 0 Å². The van der Waals surface area contributed by atoms with Gasteiger partial charge in [0.25, 0.3) is 0 Å². The van der Waals surface area contributed by atoms with Gasteiger partial charge in [-0.2, -0.15) is 0 Å². The number of thiazole rings is 1. The zero-order chi connectivity index (χ0) is 8.97. The minimum absolute atomic E-state index is 0.570. The standard InChI is InChI=1S/C8H9ClN2S/c1-6-7(4-2-3-5-9)12-8(10)11-6/h3,5H2,1H3,(H2,10,11). The van der Waals surface area contributed by atoms with Gasteiger partial charge in [0.2, 0.25) is 0 Å². The number of alkyl halides is 1. The Labute approximate surface area is 80.8 Å². The van der Waals surface area contributed by atoms with E-state index in [2.05, 4.69) is 16.8 Å². The van der Waals surface area contributed by atoms with Crippen LogP contribution in [0.5, 0.6) is 0 Å². The number of nitrogens with two attached hydrogens (primary N) is 1. The van der Waals surface area contributed by atoms with Crippen LogP contribution in [0.1, 0.15) is 17.0 Å². The summed E-state index contributed by atoms with van der Waals surface area (Å²) in [5.74, 6) is 6.48. The van der Waals surface area contributed by atoms with Gasteiger partial charge in [-0.15, -0.1) is 11.6 Å². The van der Waals surface area contributed by atoms with E-state index in [0.717, 1.165) is 10.6 Å². The van der Waals surface area contributed by atoms with E-state index >= 15 is 0 Å². The van der Waals surface area contributed by atoms with Gasteiger partial charge in [0, 0.05) is 12.3 Å².